The van der Waals surface area contributed by atoms with Crippen molar-refractivity contribution in [2.75, 3.05) is 6.54 Å². The highest BCUT2D eigenvalue weighted by Crippen LogP contribution is 2.20. The highest BCUT2D eigenvalue weighted by molar-refractivity contribution is 6.00. The summed E-state index contributed by atoms with van der Waals surface area (Å²) in [7, 11) is 0. The van der Waals surface area contributed by atoms with E-state index in [1.165, 1.54) is 0 Å². The SMILES string of the molecule is Cc1c2c(nn1C(C)C)CNCC2=O. The van der Waals surface area contributed by atoms with Gasteiger partial charge in [-0.3, -0.25) is 9.48 Å². The molecule has 0 aliphatic carbocycles. The predicted octanol–water partition coefficient (Wildman–Crippen LogP) is 1.06. The molecule has 14 heavy (non-hydrogen) atoms. The molecular weight excluding hydrogens is 178 g/mol. The van der Waals surface area contributed by atoms with Crippen LogP contribution in [0.5, 0.6) is 0 Å². The topological polar surface area (TPSA) is 46.9 Å². The van der Waals surface area contributed by atoms with Crippen LogP contribution in [-0.4, -0.2) is 22.1 Å². The molecule has 0 spiro atoms. The van der Waals surface area contributed by atoms with Crippen LogP contribution in [0.3, 0.4) is 0 Å². The van der Waals surface area contributed by atoms with E-state index in [-0.39, 0.29) is 5.78 Å². The molecule has 2 rings (SSSR count). The molecule has 0 saturated heterocycles. The van der Waals surface area contributed by atoms with E-state index in [1.807, 2.05) is 11.6 Å². The molecular formula is C10H15N3O. The maximum atomic E-state index is 11.6. The van der Waals surface area contributed by atoms with Crippen LogP contribution in [0, 0.1) is 6.92 Å². The molecule has 0 aromatic carbocycles. The van der Waals surface area contributed by atoms with Crippen LogP contribution in [0.1, 0.15) is 41.6 Å². The van der Waals surface area contributed by atoms with E-state index < -0.39 is 0 Å². The van der Waals surface area contributed by atoms with Crippen molar-refractivity contribution >= 4 is 5.78 Å². The minimum Gasteiger partial charge on any atom is -0.304 e. The van der Waals surface area contributed by atoms with Crippen molar-refractivity contribution in [2.24, 2.45) is 0 Å². The standard InChI is InChI=1S/C10H15N3O/c1-6(2)13-7(3)10-8(12-13)4-11-5-9(10)14/h6,11H,4-5H2,1-3H3. The van der Waals surface area contributed by atoms with Crippen molar-refractivity contribution in [3.05, 3.63) is 17.0 Å². The molecule has 1 aromatic heterocycles. The maximum absolute atomic E-state index is 11.6. The van der Waals surface area contributed by atoms with E-state index in [0.29, 0.717) is 19.1 Å². The van der Waals surface area contributed by atoms with Crippen molar-refractivity contribution in [1.29, 1.82) is 0 Å². The van der Waals surface area contributed by atoms with Gasteiger partial charge in [-0.05, 0) is 20.8 Å². The van der Waals surface area contributed by atoms with Crippen LogP contribution in [0.25, 0.3) is 0 Å². The Morgan fingerprint density at radius 1 is 1.43 bits per heavy atom. The summed E-state index contributed by atoms with van der Waals surface area (Å²) >= 11 is 0. The summed E-state index contributed by atoms with van der Waals surface area (Å²) in [6.07, 6.45) is 0. The zero-order chi connectivity index (χ0) is 10.3. The average Bonchev–Trinajstić information content (AvgIpc) is 2.45. The molecule has 0 bridgehead atoms. The molecule has 0 atom stereocenters. The number of rotatable bonds is 1. The van der Waals surface area contributed by atoms with Crippen molar-refractivity contribution in [1.82, 2.24) is 15.1 Å². The summed E-state index contributed by atoms with van der Waals surface area (Å²) in [6, 6.07) is 0.313. The second-order valence-corrected chi connectivity index (χ2v) is 3.97. The minimum absolute atomic E-state index is 0.163. The van der Waals surface area contributed by atoms with Crippen LogP contribution < -0.4 is 5.32 Å². The third-order valence-corrected chi connectivity index (χ3v) is 2.57. The van der Waals surface area contributed by atoms with E-state index in [4.69, 9.17) is 0 Å². The Bertz CT molecular complexity index is 379. The molecule has 1 aromatic rings. The van der Waals surface area contributed by atoms with E-state index in [0.717, 1.165) is 17.0 Å². The molecule has 2 heterocycles. The Morgan fingerprint density at radius 2 is 2.14 bits per heavy atom. The Balaban J connectivity index is 2.55. The van der Waals surface area contributed by atoms with Gasteiger partial charge in [0.15, 0.2) is 5.78 Å². The van der Waals surface area contributed by atoms with Crippen LogP contribution >= 0.6 is 0 Å². The smallest absolute Gasteiger partial charge is 0.180 e. The number of Topliss-reactive ketones (excluding diaryl/α,β-unsaturated/α-hetero) is 1. The van der Waals surface area contributed by atoms with Gasteiger partial charge in [0.1, 0.15) is 0 Å². The monoisotopic (exact) mass is 193 g/mol. The summed E-state index contributed by atoms with van der Waals surface area (Å²) in [4.78, 5) is 11.6. The van der Waals surface area contributed by atoms with Gasteiger partial charge in [0, 0.05) is 18.3 Å². The zero-order valence-corrected chi connectivity index (χ0v) is 8.79. The normalized spacial score (nSPS) is 16.1. The summed E-state index contributed by atoms with van der Waals surface area (Å²) in [5, 5.41) is 7.48. The van der Waals surface area contributed by atoms with E-state index in [9.17, 15) is 4.79 Å². The molecule has 1 aliphatic rings. The summed E-state index contributed by atoms with van der Waals surface area (Å²) in [6.45, 7) is 7.26. The molecule has 76 valence electrons. The third kappa shape index (κ3) is 1.26. The largest absolute Gasteiger partial charge is 0.304 e. The van der Waals surface area contributed by atoms with Gasteiger partial charge in [-0.1, -0.05) is 0 Å². The zero-order valence-electron chi connectivity index (χ0n) is 8.79. The van der Waals surface area contributed by atoms with Gasteiger partial charge >= 0.3 is 0 Å². The third-order valence-electron chi connectivity index (χ3n) is 2.57. The number of aromatic nitrogens is 2. The number of nitrogens with one attached hydrogen (secondary N) is 1. The quantitative estimate of drug-likeness (QED) is 0.725. The van der Waals surface area contributed by atoms with Gasteiger partial charge in [0.2, 0.25) is 0 Å². The molecule has 0 fully saturated rings. The van der Waals surface area contributed by atoms with E-state index >= 15 is 0 Å². The fraction of sp³-hybridized carbons (Fsp3) is 0.600. The summed E-state index contributed by atoms with van der Waals surface area (Å²) < 4.78 is 1.93. The van der Waals surface area contributed by atoms with Crippen LogP contribution in [0.2, 0.25) is 0 Å². The lowest BCUT2D eigenvalue weighted by Gasteiger charge is -2.10. The molecule has 0 unspecified atom stereocenters. The molecule has 1 N–H and O–H groups in total. The van der Waals surface area contributed by atoms with Crippen molar-refractivity contribution in [3.8, 4) is 0 Å². The number of carbonyl (C=O) groups is 1. The second kappa shape index (κ2) is 3.20. The Hall–Kier alpha value is -1.16. The first-order chi connectivity index (χ1) is 6.61. The van der Waals surface area contributed by atoms with Gasteiger partial charge in [-0.2, -0.15) is 5.10 Å². The average molecular weight is 193 g/mol. The van der Waals surface area contributed by atoms with Crippen LogP contribution in [-0.2, 0) is 6.54 Å². The molecule has 4 heteroatoms. The molecule has 0 saturated carbocycles. The van der Waals surface area contributed by atoms with Crippen LogP contribution in [0.4, 0.5) is 0 Å². The number of nitrogens with zero attached hydrogens (tertiary/aromatic N) is 2. The fourth-order valence-corrected chi connectivity index (χ4v) is 1.95. The first kappa shape index (κ1) is 9.40. The Kier molecular flexibility index (Phi) is 2.15. The lowest BCUT2D eigenvalue weighted by Crippen LogP contribution is -2.29. The lowest BCUT2D eigenvalue weighted by molar-refractivity contribution is 0.0981. The summed E-state index contributed by atoms with van der Waals surface area (Å²) in [5.74, 6) is 0.163. The van der Waals surface area contributed by atoms with Gasteiger partial charge in [-0.25, -0.2) is 0 Å². The van der Waals surface area contributed by atoms with Gasteiger partial charge in [0.05, 0.1) is 17.8 Å². The molecule has 4 nitrogen and oxygen atoms in total. The lowest BCUT2D eigenvalue weighted by atomic mass is 10.1. The Labute approximate surface area is 83.3 Å². The summed E-state index contributed by atoms with van der Waals surface area (Å²) in [5.41, 5.74) is 2.73. The molecule has 0 amide bonds. The highest BCUT2D eigenvalue weighted by Gasteiger charge is 2.24. The van der Waals surface area contributed by atoms with E-state index in [1.54, 1.807) is 0 Å². The number of fused-ring (bicyclic) bond motifs is 1. The molecule has 0 radical (unpaired) electrons. The van der Waals surface area contributed by atoms with Gasteiger partial charge in [0.25, 0.3) is 0 Å². The van der Waals surface area contributed by atoms with Gasteiger partial charge in [-0.15, -0.1) is 0 Å². The first-order valence-electron chi connectivity index (χ1n) is 4.93. The Morgan fingerprint density at radius 3 is 2.71 bits per heavy atom. The van der Waals surface area contributed by atoms with Crippen molar-refractivity contribution in [2.45, 2.75) is 33.4 Å². The second-order valence-electron chi connectivity index (χ2n) is 3.97. The fourth-order valence-electron chi connectivity index (χ4n) is 1.95. The van der Waals surface area contributed by atoms with Crippen molar-refractivity contribution < 1.29 is 4.79 Å². The van der Waals surface area contributed by atoms with Crippen LogP contribution in [0.15, 0.2) is 0 Å². The number of hydrogen-bond donors (Lipinski definition) is 1. The van der Waals surface area contributed by atoms with E-state index in [2.05, 4.69) is 24.3 Å². The highest BCUT2D eigenvalue weighted by atomic mass is 16.1. The maximum Gasteiger partial charge on any atom is 0.180 e. The van der Waals surface area contributed by atoms with Crippen molar-refractivity contribution in [3.63, 3.8) is 0 Å². The first-order valence-corrected chi connectivity index (χ1v) is 4.93. The molecule has 1 aliphatic heterocycles. The number of hydrogen-bond acceptors (Lipinski definition) is 3. The predicted molar refractivity (Wildman–Crippen MR) is 53.4 cm³/mol. The number of carbonyl (C=O) groups excluding carboxylic acids is 1. The minimum atomic E-state index is 0.163. The van der Waals surface area contributed by atoms with Gasteiger partial charge < -0.3 is 5.32 Å². The number of ketones is 1.